The molecule has 0 saturated heterocycles. The van der Waals surface area contributed by atoms with E-state index in [1.54, 1.807) is 24.3 Å². The molecule has 3 N–H and O–H groups in total. The van der Waals surface area contributed by atoms with E-state index in [2.05, 4.69) is 5.32 Å². The number of nitrogens with one attached hydrogen (secondary N) is 1. The molecule has 104 valence electrons. The number of hydrogen-bond donors (Lipinski definition) is 2. The molecule has 0 aliphatic heterocycles. The molecule has 0 saturated carbocycles. The molecule has 0 bridgehead atoms. The molecule has 2 aromatic rings. The van der Waals surface area contributed by atoms with Gasteiger partial charge in [-0.05, 0) is 42.3 Å². The Morgan fingerprint density at radius 2 is 1.80 bits per heavy atom. The minimum absolute atomic E-state index is 0.156. The fourth-order valence-electron chi connectivity index (χ4n) is 1.76. The fraction of sp³-hybridized carbons (Fsp3) is 0.133. The van der Waals surface area contributed by atoms with Gasteiger partial charge >= 0.3 is 0 Å². The molecule has 0 aliphatic carbocycles. The van der Waals surface area contributed by atoms with Crippen LogP contribution in [0.25, 0.3) is 0 Å². The lowest BCUT2D eigenvalue weighted by molar-refractivity contribution is -0.115. The summed E-state index contributed by atoms with van der Waals surface area (Å²) in [5, 5.41) is 3.79. The van der Waals surface area contributed by atoms with Gasteiger partial charge in [-0.1, -0.05) is 35.3 Å². The predicted octanol–water partition coefficient (Wildman–Crippen LogP) is 4.07. The number of anilines is 2. The molecule has 3 nitrogen and oxygen atoms in total. The van der Waals surface area contributed by atoms with Gasteiger partial charge < -0.3 is 11.1 Å². The smallest absolute Gasteiger partial charge is 0.228 e. The van der Waals surface area contributed by atoms with Crippen molar-refractivity contribution in [3.63, 3.8) is 0 Å². The van der Waals surface area contributed by atoms with Gasteiger partial charge in [0.05, 0.1) is 17.1 Å². The Labute approximate surface area is 127 Å². The first-order valence-electron chi connectivity index (χ1n) is 6.05. The molecular weight excluding hydrogens is 295 g/mol. The third-order valence-electron chi connectivity index (χ3n) is 2.87. The summed E-state index contributed by atoms with van der Waals surface area (Å²) in [5.74, 6) is -0.156. The number of benzene rings is 2. The average Bonchev–Trinajstić information content (AvgIpc) is 2.39. The molecule has 0 aliphatic rings. The number of nitrogen functional groups attached to an aromatic ring is 1. The highest BCUT2D eigenvalue weighted by Crippen LogP contribution is 2.28. The third-order valence-corrected chi connectivity index (χ3v) is 3.59. The number of halogens is 2. The Bertz CT molecular complexity index is 639. The summed E-state index contributed by atoms with van der Waals surface area (Å²) < 4.78 is 0. The van der Waals surface area contributed by atoms with Crippen LogP contribution in [0.3, 0.4) is 0 Å². The minimum Gasteiger partial charge on any atom is -0.399 e. The van der Waals surface area contributed by atoms with E-state index in [0.717, 1.165) is 11.1 Å². The Morgan fingerprint density at radius 1 is 1.15 bits per heavy atom. The van der Waals surface area contributed by atoms with Crippen LogP contribution in [0.2, 0.25) is 10.0 Å². The van der Waals surface area contributed by atoms with Crippen molar-refractivity contribution in [3.05, 3.63) is 57.6 Å². The maximum Gasteiger partial charge on any atom is 0.228 e. The first-order valence-corrected chi connectivity index (χ1v) is 6.81. The van der Waals surface area contributed by atoms with E-state index in [9.17, 15) is 4.79 Å². The van der Waals surface area contributed by atoms with Crippen LogP contribution in [0.1, 0.15) is 11.1 Å². The highest BCUT2D eigenvalue weighted by molar-refractivity contribution is 6.36. The highest BCUT2D eigenvalue weighted by Gasteiger charge is 2.09. The second-order valence-electron chi connectivity index (χ2n) is 4.55. The van der Waals surface area contributed by atoms with Gasteiger partial charge in [-0.2, -0.15) is 0 Å². The Hall–Kier alpha value is -1.71. The van der Waals surface area contributed by atoms with Gasteiger partial charge in [0.15, 0.2) is 0 Å². The molecule has 2 rings (SSSR count). The summed E-state index contributed by atoms with van der Waals surface area (Å²) in [7, 11) is 0. The number of carbonyl (C=O) groups is 1. The second kappa shape index (κ2) is 6.16. The van der Waals surface area contributed by atoms with Crippen LogP contribution in [-0.4, -0.2) is 5.91 Å². The largest absolute Gasteiger partial charge is 0.399 e. The lowest BCUT2D eigenvalue weighted by Crippen LogP contribution is -2.14. The number of hydrogen-bond acceptors (Lipinski definition) is 2. The molecule has 2 aromatic carbocycles. The zero-order chi connectivity index (χ0) is 14.7. The summed E-state index contributed by atoms with van der Waals surface area (Å²) in [6.45, 7) is 1.86. The van der Waals surface area contributed by atoms with E-state index < -0.39 is 0 Å². The van der Waals surface area contributed by atoms with E-state index in [1.165, 1.54) is 0 Å². The Kier molecular flexibility index (Phi) is 4.53. The molecule has 0 spiro atoms. The van der Waals surface area contributed by atoms with Crippen molar-refractivity contribution in [2.45, 2.75) is 13.3 Å². The van der Waals surface area contributed by atoms with Crippen molar-refractivity contribution in [3.8, 4) is 0 Å². The summed E-state index contributed by atoms with van der Waals surface area (Å²) in [4.78, 5) is 12.0. The van der Waals surface area contributed by atoms with Crippen LogP contribution in [0.4, 0.5) is 11.4 Å². The number of rotatable bonds is 3. The van der Waals surface area contributed by atoms with Gasteiger partial charge in [0, 0.05) is 10.7 Å². The van der Waals surface area contributed by atoms with Gasteiger partial charge in [-0.15, -0.1) is 0 Å². The van der Waals surface area contributed by atoms with E-state index >= 15 is 0 Å². The lowest BCUT2D eigenvalue weighted by Gasteiger charge is -2.09. The molecule has 0 heterocycles. The van der Waals surface area contributed by atoms with E-state index in [-0.39, 0.29) is 12.3 Å². The van der Waals surface area contributed by atoms with Crippen LogP contribution in [0.5, 0.6) is 0 Å². The average molecular weight is 309 g/mol. The zero-order valence-electron chi connectivity index (χ0n) is 10.9. The van der Waals surface area contributed by atoms with Gasteiger partial charge in [0.1, 0.15) is 0 Å². The standard InChI is InChI=1S/C15H14Cl2N2O/c1-9-6-13(17)14(8-12(9)16)19-15(20)7-10-2-4-11(18)5-3-10/h2-6,8H,7,18H2,1H3,(H,19,20). The molecule has 5 heteroatoms. The van der Waals surface area contributed by atoms with Gasteiger partial charge in [-0.3, -0.25) is 4.79 Å². The topological polar surface area (TPSA) is 55.1 Å². The summed E-state index contributed by atoms with van der Waals surface area (Å²) in [5.41, 5.74) is 8.53. The van der Waals surface area contributed by atoms with Crippen molar-refractivity contribution in [2.24, 2.45) is 0 Å². The number of amides is 1. The predicted molar refractivity (Wildman–Crippen MR) is 84.4 cm³/mol. The monoisotopic (exact) mass is 308 g/mol. The molecule has 0 fully saturated rings. The second-order valence-corrected chi connectivity index (χ2v) is 5.36. The summed E-state index contributed by atoms with van der Waals surface area (Å²) >= 11 is 12.1. The van der Waals surface area contributed by atoms with Crippen molar-refractivity contribution in [1.29, 1.82) is 0 Å². The summed E-state index contributed by atoms with van der Waals surface area (Å²) in [6, 6.07) is 10.5. The molecule has 1 amide bonds. The first-order chi connectivity index (χ1) is 9.45. The summed E-state index contributed by atoms with van der Waals surface area (Å²) in [6.07, 6.45) is 0.252. The molecule has 0 atom stereocenters. The van der Waals surface area contributed by atoms with Crippen LogP contribution < -0.4 is 11.1 Å². The van der Waals surface area contributed by atoms with Gasteiger partial charge in [-0.25, -0.2) is 0 Å². The molecule has 0 unspecified atom stereocenters. The lowest BCUT2D eigenvalue weighted by atomic mass is 10.1. The minimum atomic E-state index is -0.156. The first kappa shape index (κ1) is 14.7. The van der Waals surface area contributed by atoms with E-state index in [1.807, 2.05) is 19.1 Å². The zero-order valence-corrected chi connectivity index (χ0v) is 12.4. The van der Waals surface area contributed by atoms with Crippen LogP contribution in [0, 0.1) is 6.92 Å². The number of nitrogens with two attached hydrogens (primary N) is 1. The van der Waals surface area contributed by atoms with E-state index in [4.69, 9.17) is 28.9 Å². The SMILES string of the molecule is Cc1cc(Cl)c(NC(=O)Cc2ccc(N)cc2)cc1Cl. The Morgan fingerprint density at radius 3 is 2.45 bits per heavy atom. The number of carbonyl (C=O) groups excluding carboxylic acids is 1. The third kappa shape index (κ3) is 3.65. The quantitative estimate of drug-likeness (QED) is 0.840. The molecular formula is C15H14Cl2N2O. The van der Waals surface area contributed by atoms with Crippen LogP contribution in [0.15, 0.2) is 36.4 Å². The van der Waals surface area contributed by atoms with Crippen LogP contribution in [-0.2, 0) is 11.2 Å². The van der Waals surface area contributed by atoms with Crippen molar-refractivity contribution in [2.75, 3.05) is 11.1 Å². The normalized spacial score (nSPS) is 10.3. The van der Waals surface area contributed by atoms with Crippen molar-refractivity contribution in [1.82, 2.24) is 0 Å². The van der Waals surface area contributed by atoms with Crippen molar-refractivity contribution < 1.29 is 4.79 Å². The number of aryl methyl sites for hydroxylation is 1. The fourth-order valence-corrected chi connectivity index (χ4v) is 2.19. The molecule has 0 aromatic heterocycles. The highest BCUT2D eigenvalue weighted by atomic mass is 35.5. The van der Waals surface area contributed by atoms with Gasteiger partial charge in [0.25, 0.3) is 0 Å². The molecule has 0 radical (unpaired) electrons. The Balaban J connectivity index is 2.08. The van der Waals surface area contributed by atoms with Gasteiger partial charge in [0.2, 0.25) is 5.91 Å². The maximum atomic E-state index is 12.0. The van der Waals surface area contributed by atoms with Crippen molar-refractivity contribution >= 4 is 40.5 Å². The van der Waals surface area contributed by atoms with Crippen LogP contribution >= 0.6 is 23.2 Å². The molecule has 20 heavy (non-hydrogen) atoms. The maximum absolute atomic E-state index is 12.0. The van der Waals surface area contributed by atoms with E-state index in [0.29, 0.717) is 21.4 Å².